The van der Waals surface area contributed by atoms with E-state index in [-0.39, 0.29) is 11.3 Å². The molecule has 0 atom stereocenters. The minimum atomic E-state index is -0.695. The fourth-order valence-corrected chi connectivity index (χ4v) is 2.25. The van der Waals surface area contributed by atoms with Crippen molar-refractivity contribution in [1.82, 2.24) is 4.90 Å². The second-order valence-electron chi connectivity index (χ2n) is 6.42. The van der Waals surface area contributed by atoms with Gasteiger partial charge in [0.25, 0.3) is 0 Å². The van der Waals surface area contributed by atoms with Gasteiger partial charge in [-0.1, -0.05) is 32.9 Å². The van der Waals surface area contributed by atoms with Gasteiger partial charge in [0.2, 0.25) is 0 Å². The highest BCUT2D eigenvalue weighted by Crippen LogP contribution is 2.24. The third kappa shape index (κ3) is 3.73. The Hall–Kier alpha value is -1.55. The number of hydrogen-bond acceptors (Lipinski definition) is 3. The minimum Gasteiger partial charge on any atom is -0.492 e. The molecular formula is C16H23NO3. The number of rotatable bonds is 5. The van der Waals surface area contributed by atoms with Crippen LogP contribution >= 0.6 is 0 Å². The molecule has 1 saturated heterocycles. The van der Waals surface area contributed by atoms with Crippen LogP contribution in [-0.2, 0) is 10.2 Å². The largest absolute Gasteiger partial charge is 0.492 e. The third-order valence-electron chi connectivity index (χ3n) is 3.70. The molecule has 1 aliphatic rings. The normalized spacial score (nSPS) is 16.8. The number of aliphatic carboxylic acids is 1. The zero-order valence-electron chi connectivity index (χ0n) is 12.4. The number of carboxylic acid groups (broad SMARTS) is 1. The lowest BCUT2D eigenvalue weighted by Crippen LogP contribution is -2.51. The summed E-state index contributed by atoms with van der Waals surface area (Å²) in [5.41, 5.74) is 1.44. The Balaban J connectivity index is 1.71. The predicted molar refractivity (Wildman–Crippen MR) is 78.2 cm³/mol. The molecule has 0 saturated carbocycles. The number of benzene rings is 1. The van der Waals surface area contributed by atoms with Crippen LogP contribution in [0, 0.1) is 5.92 Å². The van der Waals surface area contributed by atoms with Crippen molar-refractivity contribution in [3.63, 3.8) is 0 Å². The molecule has 1 aromatic carbocycles. The van der Waals surface area contributed by atoms with Crippen molar-refractivity contribution >= 4 is 5.97 Å². The average molecular weight is 277 g/mol. The van der Waals surface area contributed by atoms with E-state index in [0.29, 0.717) is 19.7 Å². The molecule has 0 spiro atoms. The Kier molecular flexibility index (Phi) is 4.33. The van der Waals surface area contributed by atoms with E-state index < -0.39 is 5.97 Å². The van der Waals surface area contributed by atoms with Crippen LogP contribution in [0.4, 0.5) is 0 Å². The summed E-state index contributed by atoms with van der Waals surface area (Å²) in [4.78, 5) is 12.8. The van der Waals surface area contributed by atoms with Gasteiger partial charge in [0, 0.05) is 19.6 Å². The highest BCUT2D eigenvalue weighted by molar-refractivity contribution is 5.71. The van der Waals surface area contributed by atoms with Gasteiger partial charge in [-0.05, 0) is 23.1 Å². The molecule has 0 amide bonds. The monoisotopic (exact) mass is 277 g/mol. The Bertz CT molecular complexity index is 456. The first-order valence-corrected chi connectivity index (χ1v) is 7.05. The number of ether oxygens (including phenoxy) is 1. The van der Waals surface area contributed by atoms with E-state index in [1.54, 1.807) is 0 Å². The lowest BCUT2D eigenvalue weighted by Gasteiger charge is -2.36. The van der Waals surface area contributed by atoms with Crippen molar-refractivity contribution in [2.75, 3.05) is 26.2 Å². The van der Waals surface area contributed by atoms with Crippen LogP contribution in [0.2, 0.25) is 0 Å². The molecule has 0 bridgehead atoms. The van der Waals surface area contributed by atoms with Crippen molar-refractivity contribution in [2.45, 2.75) is 26.2 Å². The third-order valence-corrected chi connectivity index (χ3v) is 3.70. The maximum Gasteiger partial charge on any atom is 0.309 e. The molecule has 1 heterocycles. The maximum absolute atomic E-state index is 10.7. The summed E-state index contributed by atoms with van der Waals surface area (Å²) in [7, 11) is 0. The molecule has 1 aliphatic heterocycles. The number of carboxylic acids is 1. The summed E-state index contributed by atoms with van der Waals surface area (Å²) < 4.78 is 5.69. The number of nitrogens with zero attached hydrogens (tertiary/aromatic N) is 1. The van der Waals surface area contributed by atoms with E-state index in [0.717, 1.165) is 12.3 Å². The molecule has 0 unspecified atom stereocenters. The summed E-state index contributed by atoms with van der Waals surface area (Å²) in [5.74, 6) is -0.0192. The zero-order chi connectivity index (χ0) is 14.8. The lowest BCUT2D eigenvalue weighted by atomic mass is 9.87. The summed E-state index contributed by atoms with van der Waals surface area (Å²) in [5, 5.41) is 8.79. The lowest BCUT2D eigenvalue weighted by molar-refractivity contribution is -0.147. The van der Waals surface area contributed by atoms with Gasteiger partial charge in [0.05, 0.1) is 5.92 Å². The van der Waals surface area contributed by atoms with Gasteiger partial charge in [-0.15, -0.1) is 0 Å². The molecule has 4 nitrogen and oxygen atoms in total. The molecule has 0 aromatic heterocycles. The molecule has 0 radical (unpaired) electrons. The van der Waals surface area contributed by atoms with Gasteiger partial charge in [-0.3, -0.25) is 9.69 Å². The van der Waals surface area contributed by atoms with E-state index in [1.165, 1.54) is 5.56 Å². The molecule has 1 aromatic rings. The molecular weight excluding hydrogens is 254 g/mol. The quantitative estimate of drug-likeness (QED) is 0.897. The maximum atomic E-state index is 10.7. The smallest absolute Gasteiger partial charge is 0.309 e. The van der Waals surface area contributed by atoms with Crippen LogP contribution in [0.5, 0.6) is 5.75 Å². The van der Waals surface area contributed by atoms with Crippen LogP contribution in [0.1, 0.15) is 26.3 Å². The highest BCUT2D eigenvalue weighted by Gasteiger charge is 2.31. The van der Waals surface area contributed by atoms with Crippen LogP contribution < -0.4 is 4.74 Å². The van der Waals surface area contributed by atoms with Gasteiger partial charge in [0.15, 0.2) is 0 Å². The molecule has 4 heteroatoms. The molecule has 1 fully saturated rings. The minimum absolute atomic E-state index is 0.155. The molecule has 20 heavy (non-hydrogen) atoms. The molecule has 2 rings (SSSR count). The first-order valence-electron chi connectivity index (χ1n) is 7.05. The molecule has 1 N–H and O–H groups in total. The predicted octanol–water partition coefficient (Wildman–Crippen LogP) is 2.38. The summed E-state index contributed by atoms with van der Waals surface area (Å²) >= 11 is 0. The van der Waals surface area contributed by atoms with Crippen molar-refractivity contribution < 1.29 is 14.6 Å². The number of hydrogen-bond donors (Lipinski definition) is 1. The van der Waals surface area contributed by atoms with Crippen molar-refractivity contribution in [2.24, 2.45) is 5.92 Å². The number of likely N-dealkylation sites (tertiary alicyclic amines) is 1. The second-order valence-corrected chi connectivity index (χ2v) is 6.42. The van der Waals surface area contributed by atoms with Gasteiger partial charge in [-0.25, -0.2) is 0 Å². The topological polar surface area (TPSA) is 49.8 Å². The Morgan fingerprint density at radius 1 is 1.30 bits per heavy atom. The number of carbonyl (C=O) groups is 1. The second kappa shape index (κ2) is 5.83. The van der Waals surface area contributed by atoms with Crippen molar-refractivity contribution in [1.29, 1.82) is 0 Å². The van der Waals surface area contributed by atoms with Gasteiger partial charge in [-0.2, -0.15) is 0 Å². The fourth-order valence-electron chi connectivity index (χ4n) is 2.25. The Morgan fingerprint density at radius 2 is 1.90 bits per heavy atom. The summed E-state index contributed by atoms with van der Waals surface area (Å²) in [6.07, 6.45) is 0. The summed E-state index contributed by atoms with van der Waals surface area (Å²) in [6.45, 7) is 9.22. The first kappa shape index (κ1) is 14.9. The zero-order valence-corrected chi connectivity index (χ0v) is 12.4. The van der Waals surface area contributed by atoms with E-state index in [9.17, 15) is 4.79 Å². The van der Waals surface area contributed by atoms with E-state index in [2.05, 4.69) is 37.8 Å². The van der Waals surface area contributed by atoms with E-state index in [4.69, 9.17) is 9.84 Å². The average Bonchev–Trinajstić information content (AvgIpc) is 2.31. The SMILES string of the molecule is CC(C)(C)c1ccc(OCCN2CC(C(=O)O)C2)cc1. The van der Waals surface area contributed by atoms with E-state index >= 15 is 0 Å². The standard InChI is InChI=1S/C16H23NO3/c1-16(2,3)13-4-6-14(7-5-13)20-9-8-17-10-12(11-17)15(18)19/h4-7,12H,8-11H2,1-3H3,(H,18,19). The van der Waals surface area contributed by atoms with Crippen LogP contribution in [0.3, 0.4) is 0 Å². The first-order chi connectivity index (χ1) is 9.36. The van der Waals surface area contributed by atoms with Crippen molar-refractivity contribution in [3.05, 3.63) is 29.8 Å². The Labute approximate surface area is 120 Å². The Morgan fingerprint density at radius 3 is 2.40 bits per heavy atom. The van der Waals surface area contributed by atoms with Crippen LogP contribution in [-0.4, -0.2) is 42.2 Å². The van der Waals surface area contributed by atoms with Crippen LogP contribution in [0.25, 0.3) is 0 Å². The van der Waals surface area contributed by atoms with Crippen molar-refractivity contribution in [3.8, 4) is 5.75 Å². The van der Waals surface area contributed by atoms with Gasteiger partial charge in [0.1, 0.15) is 12.4 Å². The fraction of sp³-hybridized carbons (Fsp3) is 0.562. The van der Waals surface area contributed by atoms with Gasteiger partial charge >= 0.3 is 5.97 Å². The molecule has 110 valence electrons. The highest BCUT2D eigenvalue weighted by atomic mass is 16.5. The summed E-state index contributed by atoms with van der Waals surface area (Å²) in [6, 6.07) is 8.19. The van der Waals surface area contributed by atoms with Gasteiger partial charge < -0.3 is 9.84 Å². The van der Waals surface area contributed by atoms with E-state index in [1.807, 2.05) is 12.1 Å². The molecule has 0 aliphatic carbocycles. The van der Waals surface area contributed by atoms with Crippen LogP contribution in [0.15, 0.2) is 24.3 Å².